The standard InChI is InChI=1S/C16H14N4O7/c1-9(21)17-13-5-3-11(7-15(13)19(23)24)27-12-4-6-14(18-10(2)22)16(8-12)20(25)26/h3-8H,1-2H3,(H,17,21)(H,18,22). The number of nitrogens with one attached hydrogen (secondary N) is 2. The van der Waals surface area contributed by atoms with E-state index in [1.165, 1.54) is 38.1 Å². The van der Waals surface area contributed by atoms with Crippen molar-refractivity contribution in [2.24, 2.45) is 0 Å². The fourth-order valence-electron chi connectivity index (χ4n) is 2.18. The third kappa shape index (κ3) is 4.98. The van der Waals surface area contributed by atoms with Crippen LogP contribution in [0.15, 0.2) is 36.4 Å². The number of hydrogen-bond donors (Lipinski definition) is 2. The molecule has 0 aromatic heterocycles. The number of carbonyl (C=O) groups is 2. The molecule has 0 bridgehead atoms. The zero-order chi connectivity index (χ0) is 20.1. The smallest absolute Gasteiger partial charge is 0.296 e. The Labute approximate surface area is 152 Å². The van der Waals surface area contributed by atoms with Gasteiger partial charge in [0.05, 0.1) is 22.0 Å². The molecule has 11 nitrogen and oxygen atoms in total. The van der Waals surface area contributed by atoms with Crippen molar-refractivity contribution >= 4 is 34.6 Å². The second-order valence-corrected chi connectivity index (χ2v) is 5.34. The quantitative estimate of drug-likeness (QED) is 0.581. The lowest BCUT2D eigenvalue weighted by atomic mass is 10.2. The first-order chi connectivity index (χ1) is 12.7. The third-order valence-corrected chi connectivity index (χ3v) is 3.19. The molecular formula is C16H14N4O7. The Morgan fingerprint density at radius 3 is 1.48 bits per heavy atom. The zero-order valence-electron chi connectivity index (χ0n) is 14.2. The molecule has 27 heavy (non-hydrogen) atoms. The summed E-state index contributed by atoms with van der Waals surface area (Å²) >= 11 is 0. The van der Waals surface area contributed by atoms with Crippen LogP contribution in [-0.2, 0) is 9.59 Å². The number of rotatable bonds is 6. The number of nitro groups is 2. The highest BCUT2D eigenvalue weighted by Gasteiger charge is 2.19. The molecule has 0 aliphatic carbocycles. The molecule has 0 saturated heterocycles. The Kier molecular flexibility index (Phi) is 5.65. The van der Waals surface area contributed by atoms with Crippen molar-refractivity contribution in [1.82, 2.24) is 0 Å². The van der Waals surface area contributed by atoms with Gasteiger partial charge in [-0.15, -0.1) is 0 Å². The summed E-state index contributed by atoms with van der Waals surface area (Å²) in [5.41, 5.74) is -0.808. The fourth-order valence-corrected chi connectivity index (χ4v) is 2.18. The second-order valence-electron chi connectivity index (χ2n) is 5.34. The van der Waals surface area contributed by atoms with Gasteiger partial charge in [-0.25, -0.2) is 0 Å². The van der Waals surface area contributed by atoms with Gasteiger partial charge >= 0.3 is 0 Å². The first kappa shape index (κ1) is 19.3. The number of anilines is 2. The average molecular weight is 374 g/mol. The third-order valence-electron chi connectivity index (χ3n) is 3.19. The summed E-state index contributed by atoms with van der Waals surface area (Å²) < 4.78 is 5.45. The molecule has 0 atom stereocenters. The van der Waals surface area contributed by atoms with Crippen molar-refractivity contribution in [3.8, 4) is 11.5 Å². The molecule has 11 heteroatoms. The zero-order valence-corrected chi connectivity index (χ0v) is 14.2. The van der Waals surface area contributed by atoms with E-state index in [-0.39, 0.29) is 22.9 Å². The minimum atomic E-state index is -0.694. The van der Waals surface area contributed by atoms with Crippen molar-refractivity contribution in [2.75, 3.05) is 10.6 Å². The summed E-state index contributed by atoms with van der Waals surface area (Å²) in [6.07, 6.45) is 0. The number of benzene rings is 2. The summed E-state index contributed by atoms with van der Waals surface area (Å²) in [4.78, 5) is 43.2. The molecular weight excluding hydrogens is 360 g/mol. The summed E-state index contributed by atoms with van der Waals surface area (Å²) in [5, 5.41) is 27.0. The number of ether oxygens (including phenoxy) is 1. The first-order valence-corrected chi connectivity index (χ1v) is 7.47. The van der Waals surface area contributed by atoms with Crippen LogP contribution in [0.25, 0.3) is 0 Å². The van der Waals surface area contributed by atoms with Gasteiger partial charge in [-0.2, -0.15) is 0 Å². The van der Waals surface area contributed by atoms with Gasteiger partial charge in [0, 0.05) is 13.8 Å². The van der Waals surface area contributed by atoms with Crippen LogP contribution in [0.5, 0.6) is 11.5 Å². The van der Waals surface area contributed by atoms with Crippen LogP contribution in [0.2, 0.25) is 0 Å². The van der Waals surface area contributed by atoms with E-state index >= 15 is 0 Å². The maximum atomic E-state index is 11.2. The number of hydrogen-bond acceptors (Lipinski definition) is 7. The predicted octanol–water partition coefficient (Wildman–Crippen LogP) is 3.21. The summed E-state index contributed by atoms with van der Waals surface area (Å²) in [6.45, 7) is 2.42. The lowest BCUT2D eigenvalue weighted by molar-refractivity contribution is -0.384. The summed E-state index contributed by atoms with van der Waals surface area (Å²) in [7, 11) is 0. The fraction of sp³-hybridized carbons (Fsp3) is 0.125. The summed E-state index contributed by atoms with van der Waals surface area (Å²) in [6, 6.07) is 7.47. The van der Waals surface area contributed by atoms with E-state index in [9.17, 15) is 29.8 Å². The van der Waals surface area contributed by atoms with Gasteiger partial charge in [0.2, 0.25) is 11.8 Å². The van der Waals surface area contributed by atoms with Gasteiger partial charge in [0.25, 0.3) is 11.4 Å². The molecule has 0 unspecified atom stereocenters. The Morgan fingerprint density at radius 2 is 1.19 bits per heavy atom. The Bertz CT molecular complexity index is 867. The highest BCUT2D eigenvalue weighted by molar-refractivity contribution is 5.92. The van der Waals surface area contributed by atoms with Crippen molar-refractivity contribution in [2.45, 2.75) is 13.8 Å². The SMILES string of the molecule is CC(=O)Nc1ccc(Oc2ccc(NC(C)=O)c([N+](=O)[O-])c2)cc1[N+](=O)[O-]. The van der Waals surface area contributed by atoms with E-state index in [1.54, 1.807) is 0 Å². The molecule has 2 rings (SSSR count). The molecule has 0 aliphatic heterocycles. The largest absolute Gasteiger partial charge is 0.457 e. The van der Waals surface area contributed by atoms with Crippen molar-refractivity contribution < 1.29 is 24.2 Å². The average Bonchev–Trinajstić information content (AvgIpc) is 2.56. The predicted molar refractivity (Wildman–Crippen MR) is 94.9 cm³/mol. The van der Waals surface area contributed by atoms with Crippen LogP contribution < -0.4 is 15.4 Å². The van der Waals surface area contributed by atoms with Gasteiger partial charge in [-0.3, -0.25) is 29.8 Å². The van der Waals surface area contributed by atoms with Crippen LogP contribution in [0.4, 0.5) is 22.7 Å². The molecule has 140 valence electrons. The van der Waals surface area contributed by atoms with Gasteiger partial charge in [0.1, 0.15) is 22.9 Å². The van der Waals surface area contributed by atoms with Gasteiger partial charge < -0.3 is 15.4 Å². The molecule has 0 fully saturated rings. The van der Waals surface area contributed by atoms with Crippen molar-refractivity contribution in [3.05, 3.63) is 56.6 Å². The van der Waals surface area contributed by atoms with E-state index in [2.05, 4.69) is 10.6 Å². The van der Waals surface area contributed by atoms with Crippen LogP contribution in [0.1, 0.15) is 13.8 Å². The van der Waals surface area contributed by atoms with Gasteiger partial charge in [-0.05, 0) is 24.3 Å². The molecule has 0 aliphatic rings. The Balaban J connectivity index is 2.36. The molecule has 2 aromatic rings. The number of carbonyl (C=O) groups excluding carboxylic acids is 2. The van der Waals surface area contributed by atoms with Crippen molar-refractivity contribution in [3.63, 3.8) is 0 Å². The van der Waals surface area contributed by atoms with E-state index in [0.717, 1.165) is 12.1 Å². The van der Waals surface area contributed by atoms with Crippen LogP contribution in [-0.4, -0.2) is 21.7 Å². The molecule has 2 aromatic carbocycles. The van der Waals surface area contributed by atoms with Crippen LogP contribution >= 0.6 is 0 Å². The van der Waals surface area contributed by atoms with Gasteiger partial charge in [0.15, 0.2) is 0 Å². The molecule has 0 radical (unpaired) electrons. The van der Waals surface area contributed by atoms with Crippen molar-refractivity contribution in [1.29, 1.82) is 0 Å². The normalized spacial score (nSPS) is 10.0. The van der Waals surface area contributed by atoms with Crippen LogP contribution in [0, 0.1) is 20.2 Å². The van der Waals surface area contributed by atoms with E-state index in [4.69, 9.17) is 4.74 Å². The topological polar surface area (TPSA) is 154 Å². The van der Waals surface area contributed by atoms with Crippen LogP contribution in [0.3, 0.4) is 0 Å². The lowest BCUT2D eigenvalue weighted by Gasteiger charge is -2.09. The number of nitrogens with zero attached hydrogens (tertiary/aromatic N) is 2. The molecule has 0 heterocycles. The van der Waals surface area contributed by atoms with E-state index in [0.29, 0.717) is 0 Å². The highest BCUT2D eigenvalue weighted by atomic mass is 16.6. The monoisotopic (exact) mass is 374 g/mol. The minimum Gasteiger partial charge on any atom is -0.457 e. The molecule has 2 N–H and O–H groups in total. The second kappa shape index (κ2) is 7.91. The molecule has 0 saturated carbocycles. The lowest BCUT2D eigenvalue weighted by Crippen LogP contribution is -2.08. The first-order valence-electron chi connectivity index (χ1n) is 7.47. The Hall–Kier alpha value is -4.02. The highest BCUT2D eigenvalue weighted by Crippen LogP contribution is 2.34. The maximum Gasteiger partial charge on any atom is 0.296 e. The molecule has 2 amide bonds. The van der Waals surface area contributed by atoms with Gasteiger partial charge in [-0.1, -0.05) is 0 Å². The van der Waals surface area contributed by atoms with E-state index < -0.39 is 33.0 Å². The minimum absolute atomic E-state index is 0.00756. The summed E-state index contributed by atoms with van der Waals surface area (Å²) in [5.74, 6) is -0.873. The maximum absolute atomic E-state index is 11.2. The molecule has 0 spiro atoms. The number of amides is 2. The van der Waals surface area contributed by atoms with E-state index in [1.807, 2.05) is 0 Å². The Morgan fingerprint density at radius 1 is 0.815 bits per heavy atom. The number of nitro benzene ring substituents is 2.